The van der Waals surface area contributed by atoms with Crippen LogP contribution in [0.3, 0.4) is 0 Å². The van der Waals surface area contributed by atoms with Crippen molar-refractivity contribution >= 4 is 11.9 Å². The molecule has 0 saturated heterocycles. The molecule has 0 radical (unpaired) electrons. The van der Waals surface area contributed by atoms with Gasteiger partial charge in [0.05, 0.1) is 13.2 Å². The highest BCUT2D eigenvalue weighted by Gasteiger charge is 2.14. The van der Waals surface area contributed by atoms with E-state index in [1.165, 1.54) is 6.92 Å². The van der Waals surface area contributed by atoms with Crippen LogP contribution in [0.25, 0.3) is 0 Å². The van der Waals surface area contributed by atoms with Gasteiger partial charge in [-0.25, -0.2) is 4.79 Å². The number of esters is 1. The summed E-state index contributed by atoms with van der Waals surface area (Å²) < 4.78 is 10.5. The summed E-state index contributed by atoms with van der Waals surface area (Å²) in [5, 5.41) is 2.63. The number of ether oxygens (including phenoxy) is 2. The van der Waals surface area contributed by atoms with E-state index < -0.39 is 6.10 Å². The van der Waals surface area contributed by atoms with Gasteiger partial charge in [0.25, 0.3) is 0 Å². The quantitative estimate of drug-likeness (QED) is 0.580. The number of amides is 1. The van der Waals surface area contributed by atoms with Crippen LogP contribution in [0.2, 0.25) is 0 Å². The maximum absolute atomic E-state index is 11.6. The van der Waals surface area contributed by atoms with Crippen LogP contribution in [0.1, 0.15) is 25.8 Å². The Labute approximate surface area is 119 Å². The first kappa shape index (κ1) is 16.2. The second kappa shape index (κ2) is 9.09. The molecular weight excluding hydrogens is 258 g/mol. The molecule has 0 heterocycles. The Bertz CT molecular complexity index is 419. The van der Waals surface area contributed by atoms with Gasteiger partial charge in [0, 0.05) is 13.5 Å². The predicted molar refractivity (Wildman–Crippen MR) is 75.0 cm³/mol. The molecule has 0 saturated carbocycles. The van der Waals surface area contributed by atoms with Crippen LogP contribution in [-0.2, 0) is 25.7 Å². The van der Waals surface area contributed by atoms with Gasteiger partial charge in [-0.2, -0.15) is 0 Å². The van der Waals surface area contributed by atoms with Gasteiger partial charge in [-0.05, 0) is 18.9 Å². The molecule has 1 unspecified atom stereocenters. The molecule has 110 valence electrons. The Morgan fingerprint density at radius 2 is 1.95 bits per heavy atom. The second-order valence-corrected chi connectivity index (χ2v) is 4.44. The monoisotopic (exact) mass is 279 g/mol. The van der Waals surface area contributed by atoms with Crippen molar-refractivity contribution in [2.75, 3.05) is 13.2 Å². The number of rotatable bonds is 8. The minimum atomic E-state index is -0.601. The predicted octanol–water partition coefficient (Wildman–Crippen LogP) is 1.66. The zero-order chi connectivity index (χ0) is 14.8. The Balaban J connectivity index is 2.14. The summed E-state index contributed by atoms with van der Waals surface area (Å²) in [6.45, 7) is 4.27. The maximum Gasteiger partial charge on any atom is 0.334 e. The minimum absolute atomic E-state index is 0.0871. The first-order chi connectivity index (χ1) is 9.59. The topological polar surface area (TPSA) is 64.6 Å². The van der Waals surface area contributed by atoms with Crippen LogP contribution in [0.15, 0.2) is 30.3 Å². The minimum Gasteiger partial charge on any atom is -0.464 e. The summed E-state index contributed by atoms with van der Waals surface area (Å²) in [7, 11) is 0. The van der Waals surface area contributed by atoms with Crippen LogP contribution in [0.5, 0.6) is 0 Å². The Hall–Kier alpha value is -1.88. The van der Waals surface area contributed by atoms with Crippen LogP contribution >= 0.6 is 0 Å². The number of benzene rings is 1. The fourth-order valence-electron chi connectivity index (χ4n) is 1.49. The smallest absolute Gasteiger partial charge is 0.334 e. The van der Waals surface area contributed by atoms with E-state index >= 15 is 0 Å². The van der Waals surface area contributed by atoms with Crippen molar-refractivity contribution in [2.24, 2.45) is 0 Å². The Kier molecular flexibility index (Phi) is 7.35. The van der Waals surface area contributed by atoms with Crippen molar-refractivity contribution in [1.82, 2.24) is 5.32 Å². The lowest BCUT2D eigenvalue weighted by Gasteiger charge is -2.12. The highest BCUT2D eigenvalue weighted by atomic mass is 16.6. The molecule has 20 heavy (non-hydrogen) atoms. The zero-order valence-corrected chi connectivity index (χ0v) is 11.9. The van der Waals surface area contributed by atoms with Gasteiger partial charge in [-0.3, -0.25) is 4.79 Å². The van der Waals surface area contributed by atoms with Crippen LogP contribution in [0.4, 0.5) is 0 Å². The van der Waals surface area contributed by atoms with Gasteiger partial charge in [-0.15, -0.1) is 0 Å². The zero-order valence-electron chi connectivity index (χ0n) is 11.9. The van der Waals surface area contributed by atoms with E-state index in [1.54, 1.807) is 6.92 Å². The molecule has 0 fully saturated rings. The molecule has 0 bridgehead atoms. The summed E-state index contributed by atoms with van der Waals surface area (Å²) >= 11 is 0. The van der Waals surface area contributed by atoms with E-state index in [4.69, 9.17) is 9.47 Å². The molecular formula is C15H21NO4. The van der Waals surface area contributed by atoms with Crippen molar-refractivity contribution in [3.8, 4) is 0 Å². The van der Waals surface area contributed by atoms with Crippen LogP contribution in [-0.4, -0.2) is 31.1 Å². The summed E-state index contributed by atoms with van der Waals surface area (Å²) in [5.41, 5.74) is 1.01. The molecule has 1 aromatic rings. The summed E-state index contributed by atoms with van der Waals surface area (Å²) in [5.74, 6) is -0.473. The molecule has 0 spiro atoms. The third-order valence-corrected chi connectivity index (χ3v) is 2.61. The summed E-state index contributed by atoms with van der Waals surface area (Å²) in [6.07, 6.45) is -0.00698. The van der Waals surface area contributed by atoms with Crippen molar-refractivity contribution in [1.29, 1.82) is 0 Å². The van der Waals surface area contributed by atoms with E-state index in [1.807, 2.05) is 30.3 Å². The second-order valence-electron chi connectivity index (χ2n) is 4.44. The van der Waals surface area contributed by atoms with Gasteiger partial charge >= 0.3 is 5.97 Å². The number of carbonyl (C=O) groups excluding carboxylic acids is 2. The summed E-state index contributed by atoms with van der Waals surface area (Å²) in [6, 6.07) is 9.64. The highest BCUT2D eigenvalue weighted by Crippen LogP contribution is 2.04. The maximum atomic E-state index is 11.6. The lowest BCUT2D eigenvalue weighted by molar-refractivity contribution is -0.156. The molecule has 0 aliphatic carbocycles. The molecule has 0 aromatic heterocycles. The van der Waals surface area contributed by atoms with Gasteiger partial charge in [0.15, 0.2) is 6.10 Å². The fraction of sp³-hybridized carbons (Fsp3) is 0.467. The van der Waals surface area contributed by atoms with Crippen molar-refractivity contribution < 1.29 is 19.1 Å². The Morgan fingerprint density at radius 3 is 2.60 bits per heavy atom. The largest absolute Gasteiger partial charge is 0.464 e. The van der Waals surface area contributed by atoms with Gasteiger partial charge in [-0.1, -0.05) is 30.3 Å². The third kappa shape index (κ3) is 6.89. The van der Waals surface area contributed by atoms with Gasteiger partial charge in [0.2, 0.25) is 5.91 Å². The van der Waals surface area contributed by atoms with Crippen molar-refractivity contribution in [3.63, 3.8) is 0 Å². The lowest BCUT2D eigenvalue weighted by atomic mass is 10.2. The number of hydrogen-bond donors (Lipinski definition) is 1. The fourth-order valence-corrected chi connectivity index (χ4v) is 1.49. The van der Waals surface area contributed by atoms with E-state index in [-0.39, 0.29) is 18.5 Å². The Morgan fingerprint density at radius 1 is 1.25 bits per heavy atom. The van der Waals surface area contributed by atoms with Crippen LogP contribution < -0.4 is 5.32 Å². The van der Waals surface area contributed by atoms with Crippen molar-refractivity contribution in [2.45, 2.75) is 33.0 Å². The number of nitrogens with one attached hydrogen (secondary N) is 1. The molecule has 1 rings (SSSR count). The molecule has 1 N–H and O–H groups in total. The molecule has 1 amide bonds. The van der Waals surface area contributed by atoms with E-state index in [2.05, 4.69) is 5.32 Å². The lowest BCUT2D eigenvalue weighted by Crippen LogP contribution is -2.26. The van der Waals surface area contributed by atoms with Crippen molar-refractivity contribution in [3.05, 3.63) is 35.9 Å². The van der Waals surface area contributed by atoms with E-state index in [0.717, 1.165) is 5.56 Å². The summed E-state index contributed by atoms with van der Waals surface area (Å²) in [4.78, 5) is 22.3. The van der Waals surface area contributed by atoms with Crippen LogP contribution in [0, 0.1) is 0 Å². The average molecular weight is 279 g/mol. The first-order valence-electron chi connectivity index (χ1n) is 6.66. The number of hydrogen-bond acceptors (Lipinski definition) is 4. The highest BCUT2D eigenvalue weighted by molar-refractivity contribution is 5.74. The van der Waals surface area contributed by atoms with E-state index in [0.29, 0.717) is 19.6 Å². The normalized spacial score (nSPS) is 11.7. The third-order valence-electron chi connectivity index (χ3n) is 2.61. The molecule has 5 heteroatoms. The molecule has 0 aliphatic heterocycles. The SMILES string of the molecule is CC(=O)NCCCOC(=O)C(C)OCc1ccccc1. The number of carbonyl (C=O) groups is 2. The molecule has 1 atom stereocenters. The molecule has 0 aliphatic rings. The molecule has 5 nitrogen and oxygen atoms in total. The van der Waals surface area contributed by atoms with E-state index in [9.17, 15) is 9.59 Å². The van der Waals surface area contributed by atoms with Gasteiger partial charge in [0.1, 0.15) is 0 Å². The van der Waals surface area contributed by atoms with Gasteiger partial charge < -0.3 is 14.8 Å². The standard InChI is InChI=1S/C15H21NO4/c1-12(20-11-14-7-4-3-5-8-14)15(18)19-10-6-9-16-13(2)17/h3-5,7-8,12H,6,9-11H2,1-2H3,(H,16,17). The molecule has 1 aromatic carbocycles. The average Bonchev–Trinajstić information content (AvgIpc) is 2.45. The first-order valence-corrected chi connectivity index (χ1v) is 6.66.